The summed E-state index contributed by atoms with van der Waals surface area (Å²) in [7, 11) is 1.49. The highest BCUT2D eigenvalue weighted by Crippen LogP contribution is 2.27. The lowest BCUT2D eigenvalue weighted by molar-refractivity contribution is -0.153. The van der Waals surface area contributed by atoms with Crippen LogP contribution in [0.25, 0.3) is 0 Å². The molecule has 0 aliphatic heterocycles. The molecule has 2 atom stereocenters. The average Bonchev–Trinajstić information content (AvgIpc) is 2.53. The highest BCUT2D eigenvalue weighted by Gasteiger charge is 2.21. The molecule has 0 unspecified atom stereocenters. The molecule has 0 spiro atoms. The van der Waals surface area contributed by atoms with Gasteiger partial charge in [-0.2, -0.15) is 0 Å². The van der Waals surface area contributed by atoms with Gasteiger partial charge < -0.3 is 19.3 Å². The molecule has 0 fully saturated rings. The van der Waals surface area contributed by atoms with Gasteiger partial charge in [0.1, 0.15) is 12.2 Å². The number of rotatable bonds is 10. The van der Waals surface area contributed by atoms with E-state index in [4.69, 9.17) is 14.2 Å². The molecule has 1 N–H and O–H groups in total. The molecule has 6 heteroatoms. The Labute approximate surface area is 149 Å². The summed E-state index contributed by atoms with van der Waals surface area (Å²) in [5.41, 5.74) is 0.964. The molecule has 0 aliphatic carbocycles. The smallest absolute Gasteiger partial charge is 0.302 e. The van der Waals surface area contributed by atoms with Crippen LogP contribution in [0, 0.1) is 0 Å². The van der Waals surface area contributed by atoms with Crippen LogP contribution in [0.3, 0.4) is 0 Å². The summed E-state index contributed by atoms with van der Waals surface area (Å²) in [6.07, 6.45) is 2.71. The fraction of sp³-hybridized carbons (Fsp3) is 0.579. The van der Waals surface area contributed by atoms with Crippen molar-refractivity contribution in [3.05, 3.63) is 23.8 Å². The van der Waals surface area contributed by atoms with Crippen LogP contribution in [0.1, 0.15) is 52.0 Å². The largest absolute Gasteiger partial charge is 0.504 e. The number of phenols is 1. The highest BCUT2D eigenvalue weighted by atomic mass is 16.6. The van der Waals surface area contributed by atoms with Crippen LogP contribution < -0.4 is 4.74 Å². The maximum atomic E-state index is 11.4. The van der Waals surface area contributed by atoms with E-state index < -0.39 is 0 Å². The second-order valence-corrected chi connectivity index (χ2v) is 6.03. The summed E-state index contributed by atoms with van der Waals surface area (Å²) in [5, 5.41) is 9.65. The number of ether oxygens (including phenoxy) is 3. The van der Waals surface area contributed by atoms with Gasteiger partial charge in [-0.3, -0.25) is 9.59 Å². The lowest BCUT2D eigenvalue weighted by Crippen LogP contribution is -2.26. The first-order valence-corrected chi connectivity index (χ1v) is 8.56. The van der Waals surface area contributed by atoms with Crippen molar-refractivity contribution in [1.29, 1.82) is 0 Å². The topological polar surface area (TPSA) is 82.1 Å². The number of aromatic hydroxyl groups is 1. The molecule has 0 aliphatic rings. The number of methoxy groups -OCH3 is 1. The van der Waals surface area contributed by atoms with Crippen LogP contribution in [0.2, 0.25) is 0 Å². The van der Waals surface area contributed by atoms with E-state index >= 15 is 0 Å². The van der Waals surface area contributed by atoms with E-state index in [1.807, 2.05) is 6.92 Å². The quantitative estimate of drug-likeness (QED) is 0.650. The van der Waals surface area contributed by atoms with Crippen molar-refractivity contribution >= 4 is 11.9 Å². The third kappa shape index (κ3) is 7.92. The van der Waals surface area contributed by atoms with E-state index in [-0.39, 0.29) is 29.9 Å². The third-order valence-electron chi connectivity index (χ3n) is 3.80. The number of hydrogen-bond acceptors (Lipinski definition) is 6. The van der Waals surface area contributed by atoms with Crippen LogP contribution in [-0.4, -0.2) is 36.4 Å². The van der Waals surface area contributed by atoms with Gasteiger partial charge in [0.15, 0.2) is 11.5 Å². The lowest BCUT2D eigenvalue weighted by Gasteiger charge is -2.23. The number of carbonyl (C=O) groups is 2. The molecule has 25 heavy (non-hydrogen) atoms. The molecule has 1 aromatic carbocycles. The van der Waals surface area contributed by atoms with E-state index in [1.165, 1.54) is 21.0 Å². The molecule has 140 valence electrons. The van der Waals surface area contributed by atoms with Crippen LogP contribution in [0.5, 0.6) is 11.5 Å². The predicted octanol–water partition coefficient (Wildman–Crippen LogP) is 3.39. The molecule has 0 saturated heterocycles. The Hall–Kier alpha value is -2.24. The van der Waals surface area contributed by atoms with Crippen molar-refractivity contribution in [1.82, 2.24) is 0 Å². The van der Waals surface area contributed by atoms with E-state index in [0.717, 1.165) is 18.4 Å². The Kier molecular flexibility index (Phi) is 8.81. The van der Waals surface area contributed by atoms with Crippen molar-refractivity contribution in [2.45, 2.75) is 65.1 Å². The lowest BCUT2D eigenvalue weighted by atomic mass is 10.00. The van der Waals surface area contributed by atoms with Crippen LogP contribution in [-0.2, 0) is 25.5 Å². The molecule has 6 nitrogen and oxygen atoms in total. The second-order valence-electron chi connectivity index (χ2n) is 6.03. The Bertz CT molecular complexity index is 569. The predicted molar refractivity (Wildman–Crippen MR) is 93.6 cm³/mol. The monoisotopic (exact) mass is 352 g/mol. The van der Waals surface area contributed by atoms with Gasteiger partial charge in [-0.05, 0) is 37.0 Å². The van der Waals surface area contributed by atoms with Gasteiger partial charge in [0.2, 0.25) is 0 Å². The molecule has 0 heterocycles. The van der Waals surface area contributed by atoms with E-state index in [1.54, 1.807) is 18.2 Å². The van der Waals surface area contributed by atoms with Gasteiger partial charge >= 0.3 is 11.9 Å². The maximum Gasteiger partial charge on any atom is 0.302 e. The minimum atomic E-state index is -0.355. The zero-order valence-electron chi connectivity index (χ0n) is 15.4. The summed E-state index contributed by atoms with van der Waals surface area (Å²) in [6, 6.07) is 5.14. The Balaban J connectivity index is 2.74. The summed E-state index contributed by atoms with van der Waals surface area (Å²) >= 11 is 0. The van der Waals surface area contributed by atoms with E-state index in [9.17, 15) is 14.7 Å². The minimum absolute atomic E-state index is 0.0839. The molecular weight excluding hydrogens is 324 g/mol. The highest BCUT2D eigenvalue weighted by molar-refractivity contribution is 5.66. The molecule has 0 aromatic heterocycles. The first-order chi connectivity index (χ1) is 11.8. The Morgan fingerprint density at radius 2 is 1.68 bits per heavy atom. The number of carbonyl (C=O) groups excluding carboxylic acids is 2. The average molecular weight is 352 g/mol. The van der Waals surface area contributed by atoms with Crippen LogP contribution >= 0.6 is 0 Å². The fourth-order valence-electron chi connectivity index (χ4n) is 2.74. The van der Waals surface area contributed by atoms with Gasteiger partial charge in [-0.1, -0.05) is 19.4 Å². The molecule has 0 saturated carbocycles. The normalized spacial score (nSPS) is 13.0. The van der Waals surface area contributed by atoms with Gasteiger partial charge in [-0.15, -0.1) is 0 Å². The fourth-order valence-corrected chi connectivity index (χ4v) is 2.74. The van der Waals surface area contributed by atoms with Crippen molar-refractivity contribution < 1.29 is 28.9 Å². The number of hydrogen-bond donors (Lipinski definition) is 1. The van der Waals surface area contributed by atoms with Crippen LogP contribution in [0.4, 0.5) is 0 Å². The maximum absolute atomic E-state index is 11.4. The number of phenolic OH excluding ortho intramolecular Hbond substituents is 1. The first kappa shape index (κ1) is 20.8. The second kappa shape index (κ2) is 10.6. The number of esters is 2. The van der Waals surface area contributed by atoms with E-state index in [0.29, 0.717) is 25.0 Å². The molecule has 0 amide bonds. The van der Waals surface area contributed by atoms with Crippen molar-refractivity contribution in [2.75, 3.05) is 7.11 Å². The zero-order valence-corrected chi connectivity index (χ0v) is 15.4. The standard InChI is InChI=1S/C19H28O6/c1-5-6-16(24-13(2)20)12-17(25-14(3)21)9-7-15-8-10-18(22)19(11-15)23-4/h8,10-11,16-17,22H,5-7,9,12H2,1-4H3/t16-,17-/m1/s1. The summed E-state index contributed by atoms with van der Waals surface area (Å²) < 4.78 is 15.8. The van der Waals surface area contributed by atoms with Gasteiger partial charge in [0, 0.05) is 20.3 Å². The Morgan fingerprint density at radius 3 is 2.20 bits per heavy atom. The molecule has 1 aromatic rings. The first-order valence-electron chi connectivity index (χ1n) is 8.56. The van der Waals surface area contributed by atoms with Crippen molar-refractivity contribution in [2.24, 2.45) is 0 Å². The summed E-state index contributed by atoms with van der Waals surface area (Å²) in [6.45, 7) is 4.77. The summed E-state index contributed by atoms with van der Waals surface area (Å²) in [4.78, 5) is 22.6. The van der Waals surface area contributed by atoms with E-state index in [2.05, 4.69) is 0 Å². The molecule has 0 radical (unpaired) electrons. The zero-order chi connectivity index (χ0) is 18.8. The van der Waals surface area contributed by atoms with Crippen molar-refractivity contribution in [3.8, 4) is 11.5 Å². The molecular formula is C19H28O6. The molecule has 0 bridgehead atoms. The van der Waals surface area contributed by atoms with Gasteiger partial charge in [0.05, 0.1) is 7.11 Å². The van der Waals surface area contributed by atoms with Gasteiger partial charge in [0.25, 0.3) is 0 Å². The van der Waals surface area contributed by atoms with Gasteiger partial charge in [-0.25, -0.2) is 0 Å². The minimum Gasteiger partial charge on any atom is -0.504 e. The third-order valence-corrected chi connectivity index (χ3v) is 3.80. The number of aryl methyl sites for hydroxylation is 1. The van der Waals surface area contributed by atoms with Crippen molar-refractivity contribution in [3.63, 3.8) is 0 Å². The summed E-state index contributed by atoms with van der Waals surface area (Å²) in [5.74, 6) is -0.194. The SMILES string of the molecule is CCC[C@H](C[C@@H](CCc1ccc(O)c(OC)c1)OC(C)=O)OC(C)=O. The van der Waals surface area contributed by atoms with Crippen LogP contribution in [0.15, 0.2) is 18.2 Å². The molecule has 1 rings (SSSR count). The number of benzene rings is 1. The Morgan fingerprint density at radius 1 is 1.08 bits per heavy atom.